The van der Waals surface area contributed by atoms with E-state index in [0.717, 1.165) is 46.5 Å². The Morgan fingerprint density at radius 3 is 1.78 bits per heavy atom. The summed E-state index contributed by atoms with van der Waals surface area (Å²) in [5, 5.41) is 6.25. The van der Waals surface area contributed by atoms with Gasteiger partial charge in [0.15, 0.2) is 0 Å². The van der Waals surface area contributed by atoms with Gasteiger partial charge in [-0.25, -0.2) is 0 Å². The van der Waals surface area contributed by atoms with Gasteiger partial charge in [0.1, 0.15) is 0 Å². The molecule has 1 fully saturated rings. The van der Waals surface area contributed by atoms with Crippen molar-refractivity contribution in [2.45, 2.75) is 84.2 Å². The molecule has 5 aliphatic rings. The molecule has 5 heteroatoms. The standard InChI is InChI=1S/C29H37.2C10H6Cl.C5H5.CH2.2ClH.Zr/c1-18-25-22-17-19-13-9-10-14-20(19)24(22)21-15-11-12-16-23(21)29(25,8)28(6,7)27(4,5)26(18,2)3;2*11-10-7-3-5-8-4-1-2-6-9(8)10;1-2-4-5-3-1;;;;/h9-11,13-15,23H,12,16-17H2,1-8H3;2*1-3,5-7H;1-3H,4H2;1H2;2*1H;. The maximum absolute atomic E-state index is 7.28. The van der Waals surface area contributed by atoms with Crippen LogP contribution in [0.25, 0.3) is 27.1 Å². The predicted octanol–water partition coefficient (Wildman–Crippen LogP) is 15.6. The summed E-state index contributed by atoms with van der Waals surface area (Å²) in [6, 6.07) is 36.5. The number of benzene rings is 5. The van der Waals surface area contributed by atoms with Gasteiger partial charge in [-0.15, -0.1) is 24.8 Å². The third kappa shape index (κ3) is 4.79. The summed E-state index contributed by atoms with van der Waals surface area (Å²) in [6.45, 7) is 21.3. The summed E-state index contributed by atoms with van der Waals surface area (Å²) in [5.41, 5.74) is 8.42. The van der Waals surface area contributed by atoms with Crippen LogP contribution in [0.5, 0.6) is 0 Å². The van der Waals surface area contributed by atoms with Gasteiger partial charge in [-0.05, 0) is 0 Å². The van der Waals surface area contributed by atoms with E-state index in [2.05, 4.69) is 183 Å². The first-order chi connectivity index (χ1) is 27.5. The second-order valence-corrected chi connectivity index (χ2v) is 35.0. The second kappa shape index (κ2) is 14.1. The summed E-state index contributed by atoms with van der Waals surface area (Å²) >= 11 is 8.85. The van der Waals surface area contributed by atoms with Crippen molar-refractivity contribution in [3.63, 3.8) is 0 Å². The molecule has 60 heavy (non-hydrogen) atoms. The Labute approximate surface area is 381 Å². The van der Waals surface area contributed by atoms with Gasteiger partial charge in [-0.2, -0.15) is 0 Å². The fraction of sp³-hybridized carbons (Fsp3) is 0.327. The Hall–Kier alpha value is -2.77. The summed E-state index contributed by atoms with van der Waals surface area (Å²) in [5.74, 6) is 0.356. The molecule has 0 radical (unpaired) electrons. The number of rotatable bonds is 4. The molecule has 1 saturated carbocycles. The molecule has 0 aliphatic heterocycles. The van der Waals surface area contributed by atoms with Crippen LogP contribution in [0, 0.1) is 27.6 Å². The minimum atomic E-state index is -5.70. The molecule has 5 aliphatic carbocycles. The molecule has 3 atom stereocenters. The van der Waals surface area contributed by atoms with E-state index < -0.39 is 21.4 Å². The van der Waals surface area contributed by atoms with Crippen molar-refractivity contribution in [3.05, 3.63) is 169 Å². The van der Waals surface area contributed by atoms with Gasteiger partial charge < -0.3 is 0 Å². The summed E-state index contributed by atoms with van der Waals surface area (Å²) in [7, 11) is 0. The fourth-order valence-corrected chi connectivity index (χ4v) is 37.1. The minimum absolute atomic E-state index is 0. The number of allylic oxidation sites excluding steroid dienone is 10. The molecule has 0 amide bonds. The molecule has 0 nitrogen and oxygen atoms in total. The van der Waals surface area contributed by atoms with Gasteiger partial charge >= 0.3 is 360 Å². The van der Waals surface area contributed by atoms with E-state index in [1.807, 2.05) is 0 Å². The quantitative estimate of drug-likeness (QED) is 0.168. The zero-order valence-electron chi connectivity index (χ0n) is 36.3. The second-order valence-electron chi connectivity index (χ2n) is 20.3. The first-order valence-electron chi connectivity index (χ1n) is 21.5. The SMILES string of the molecule is Cl.Cl.[CH2]=[Zr]([C]1=CC=CC1)([c]1cccc2c(Cl)cccc12)([c]1cccc2c(Cl)cccc12)[C]1(C)C2=C3Cc4ccccc4C3=C3C=CCCC3C2(C)C(C)(C)C(C)(C)C1(C)C. The van der Waals surface area contributed by atoms with Crippen molar-refractivity contribution < 1.29 is 18.3 Å². The van der Waals surface area contributed by atoms with E-state index in [0.29, 0.717) is 5.92 Å². The Kier molecular flexibility index (Phi) is 10.3. The van der Waals surface area contributed by atoms with Crippen LogP contribution in [0.15, 0.2) is 147 Å². The van der Waals surface area contributed by atoms with Crippen LogP contribution < -0.4 is 6.54 Å². The Morgan fingerprint density at radius 2 is 1.20 bits per heavy atom. The zero-order valence-corrected chi connectivity index (χ0v) is 41.9. The van der Waals surface area contributed by atoms with Gasteiger partial charge in [0, 0.05) is 0 Å². The van der Waals surface area contributed by atoms with Crippen LogP contribution in [0.2, 0.25) is 13.2 Å². The van der Waals surface area contributed by atoms with E-state index in [4.69, 9.17) is 27.4 Å². The topological polar surface area (TPSA) is 0 Å². The number of fused-ring (bicyclic) bond motifs is 8. The van der Waals surface area contributed by atoms with Gasteiger partial charge in [0.25, 0.3) is 0 Å². The van der Waals surface area contributed by atoms with Crippen molar-refractivity contribution in [2.75, 3.05) is 0 Å². The van der Waals surface area contributed by atoms with E-state index in [-0.39, 0.29) is 46.5 Å². The van der Waals surface area contributed by atoms with Crippen molar-refractivity contribution in [1.29, 1.82) is 0 Å². The molecule has 10 rings (SSSR count). The van der Waals surface area contributed by atoms with Gasteiger partial charge in [-0.3, -0.25) is 0 Å². The maximum atomic E-state index is 7.28. The average Bonchev–Trinajstić information content (AvgIpc) is 3.90. The van der Waals surface area contributed by atoms with Crippen LogP contribution in [0.1, 0.15) is 85.8 Å². The molecule has 0 saturated heterocycles. The van der Waals surface area contributed by atoms with Crippen LogP contribution in [-0.4, -0.2) is 4.21 Å². The average molecular weight is 952 g/mol. The third-order valence-electron chi connectivity index (χ3n) is 18.7. The van der Waals surface area contributed by atoms with Crippen LogP contribution in [0.4, 0.5) is 0 Å². The molecule has 5 aromatic rings. The van der Waals surface area contributed by atoms with Crippen LogP contribution in [0.3, 0.4) is 0 Å². The molecule has 0 N–H and O–H groups in total. The van der Waals surface area contributed by atoms with Crippen molar-refractivity contribution in [2.24, 2.45) is 27.6 Å². The summed E-state index contributed by atoms with van der Waals surface area (Å²) in [4.78, 5) is 0. The predicted molar refractivity (Wildman–Crippen MR) is 264 cm³/mol. The molecule has 310 valence electrons. The molecule has 0 spiro atoms. The fourth-order valence-electron chi connectivity index (χ4n) is 14.6. The molecular formula is C55H58Cl4Zr. The molecular weight excluding hydrogens is 894 g/mol. The first kappa shape index (κ1) is 43.9. The van der Waals surface area contributed by atoms with E-state index in [1.54, 1.807) is 16.7 Å². The van der Waals surface area contributed by atoms with Crippen LogP contribution in [-0.2, 0) is 24.7 Å². The van der Waals surface area contributed by atoms with Gasteiger partial charge in [0.05, 0.1) is 0 Å². The first-order valence-corrected chi connectivity index (χ1v) is 28.9. The van der Waals surface area contributed by atoms with Gasteiger partial charge in [0.2, 0.25) is 0 Å². The van der Waals surface area contributed by atoms with Crippen LogP contribution >= 0.6 is 48.0 Å². The normalized spacial score (nSPS) is 25.9. The monoisotopic (exact) mass is 948 g/mol. The summed E-state index contributed by atoms with van der Waals surface area (Å²) in [6.07, 6.45) is 16.3. The Balaban J connectivity index is 0.00000249. The Bertz CT molecular complexity index is 2810. The van der Waals surface area contributed by atoms with Crippen molar-refractivity contribution in [3.8, 4) is 0 Å². The molecule has 0 aromatic heterocycles. The van der Waals surface area contributed by atoms with Crippen molar-refractivity contribution >= 4 is 85.9 Å². The van der Waals surface area contributed by atoms with E-state index >= 15 is 0 Å². The van der Waals surface area contributed by atoms with Crippen molar-refractivity contribution in [1.82, 2.24) is 0 Å². The summed E-state index contributed by atoms with van der Waals surface area (Å²) < 4.78 is 10.2. The zero-order chi connectivity index (χ0) is 40.9. The molecule has 0 bridgehead atoms. The van der Waals surface area contributed by atoms with Gasteiger partial charge in [-0.1, -0.05) is 0 Å². The number of halogens is 4. The molecule has 5 aromatic carbocycles. The molecule has 3 unspecified atom stereocenters. The van der Waals surface area contributed by atoms with E-state index in [1.165, 1.54) is 37.3 Å². The molecule has 0 heterocycles. The Morgan fingerprint density at radius 1 is 0.633 bits per heavy atom. The number of hydrogen-bond donors (Lipinski definition) is 0. The number of hydrogen-bond acceptors (Lipinski definition) is 0. The third-order valence-corrected chi connectivity index (χ3v) is 39.4. The van der Waals surface area contributed by atoms with E-state index in [9.17, 15) is 0 Å².